The van der Waals surface area contributed by atoms with Crippen LogP contribution in [-0.4, -0.2) is 17.8 Å². The minimum Gasteiger partial charge on any atom is -0.489 e. The van der Waals surface area contributed by atoms with Crippen LogP contribution in [0.3, 0.4) is 0 Å². The molecule has 0 bridgehead atoms. The molecule has 0 saturated carbocycles. The van der Waals surface area contributed by atoms with Crippen LogP contribution in [0.25, 0.3) is 16.8 Å². The zero-order valence-corrected chi connectivity index (χ0v) is 21.4. The Balaban J connectivity index is 1.29. The van der Waals surface area contributed by atoms with E-state index < -0.39 is 17.8 Å². The lowest BCUT2D eigenvalue weighted by atomic mass is 10.0. The van der Waals surface area contributed by atoms with Crippen LogP contribution in [-0.2, 0) is 16.2 Å². The van der Waals surface area contributed by atoms with Gasteiger partial charge in [-0.1, -0.05) is 91.0 Å². The monoisotopic (exact) mass is 524 g/mol. The number of anilines is 2. The molecule has 0 unspecified atom stereocenters. The molecule has 1 heterocycles. The fourth-order valence-electron chi connectivity index (χ4n) is 4.75. The third kappa shape index (κ3) is 4.74. The summed E-state index contributed by atoms with van der Waals surface area (Å²) in [6, 6.07) is 37.9. The van der Waals surface area contributed by atoms with Crippen LogP contribution in [0.15, 0.2) is 133 Å². The summed E-state index contributed by atoms with van der Waals surface area (Å²) in [6.07, 6.45) is 1.51. The number of ether oxygens (including phenoxy) is 1. The van der Waals surface area contributed by atoms with Crippen LogP contribution in [0, 0.1) is 0 Å². The average Bonchev–Trinajstić information content (AvgIpc) is 3.00. The highest BCUT2D eigenvalue weighted by Crippen LogP contribution is 2.30. The highest BCUT2D eigenvalue weighted by atomic mass is 16.5. The van der Waals surface area contributed by atoms with Gasteiger partial charge in [0.15, 0.2) is 0 Å². The molecule has 0 N–H and O–H groups in total. The first-order valence-electron chi connectivity index (χ1n) is 12.8. The molecule has 194 valence electrons. The molecule has 40 heavy (non-hydrogen) atoms. The first kappa shape index (κ1) is 24.8. The van der Waals surface area contributed by atoms with Crippen molar-refractivity contribution >= 4 is 46.1 Å². The number of benzene rings is 5. The molecule has 0 spiro atoms. The zero-order valence-electron chi connectivity index (χ0n) is 21.4. The van der Waals surface area contributed by atoms with Crippen molar-refractivity contribution in [2.24, 2.45) is 0 Å². The number of carbonyl (C=O) groups is 3. The minimum absolute atomic E-state index is 0.114. The quantitative estimate of drug-likeness (QED) is 0.177. The summed E-state index contributed by atoms with van der Waals surface area (Å²) >= 11 is 0. The lowest BCUT2D eigenvalue weighted by Gasteiger charge is -2.33. The molecular weight excluding hydrogens is 500 g/mol. The van der Waals surface area contributed by atoms with Crippen molar-refractivity contribution in [2.45, 2.75) is 6.61 Å². The number of amides is 4. The molecule has 1 saturated heterocycles. The van der Waals surface area contributed by atoms with Crippen molar-refractivity contribution < 1.29 is 19.1 Å². The number of fused-ring (bicyclic) bond motifs is 1. The molecule has 0 aliphatic carbocycles. The SMILES string of the molecule is O=C1C(=Cc2ccc(OCc3cccc4ccccc34)cc2)C(=O)N(c2ccccc2)C(=O)N1c1ccccc1. The normalized spacial score (nSPS) is 13.6. The molecule has 1 fully saturated rings. The van der Waals surface area contributed by atoms with Crippen molar-refractivity contribution in [2.75, 3.05) is 9.80 Å². The van der Waals surface area contributed by atoms with E-state index in [4.69, 9.17) is 4.74 Å². The first-order chi connectivity index (χ1) is 19.6. The summed E-state index contributed by atoms with van der Waals surface area (Å²) in [4.78, 5) is 42.5. The Morgan fingerprint density at radius 3 is 1.75 bits per heavy atom. The largest absolute Gasteiger partial charge is 0.489 e. The smallest absolute Gasteiger partial charge is 0.343 e. The molecule has 6 nitrogen and oxygen atoms in total. The lowest BCUT2D eigenvalue weighted by molar-refractivity contribution is -0.121. The fourth-order valence-corrected chi connectivity index (χ4v) is 4.75. The number of hydrogen-bond acceptors (Lipinski definition) is 4. The summed E-state index contributed by atoms with van der Waals surface area (Å²) < 4.78 is 6.04. The Labute approximate surface area is 231 Å². The predicted octanol–water partition coefficient (Wildman–Crippen LogP) is 7.00. The van der Waals surface area contributed by atoms with E-state index in [0.29, 0.717) is 29.3 Å². The number of barbiturate groups is 1. The molecule has 0 radical (unpaired) electrons. The number of rotatable bonds is 6. The van der Waals surface area contributed by atoms with E-state index in [9.17, 15) is 14.4 Å². The van der Waals surface area contributed by atoms with E-state index in [1.807, 2.05) is 24.3 Å². The standard InChI is InChI=1S/C34H24N2O4/c37-32-31(33(38)36(28-15-5-2-6-16-28)34(39)35(32)27-13-3-1-4-14-27)22-24-18-20-29(21-19-24)40-23-26-12-9-11-25-10-7-8-17-30(25)26/h1-22H,23H2. The fraction of sp³-hybridized carbons (Fsp3) is 0.0294. The van der Waals surface area contributed by atoms with Gasteiger partial charge in [-0.2, -0.15) is 0 Å². The van der Waals surface area contributed by atoms with E-state index in [2.05, 4.69) is 18.2 Å². The third-order valence-corrected chi connectivity index (χ3v) is 6.74. The van der Waals surface area contributed by atoms with E-state index in [1.54, 1.807) is 84.9 Å². The van der Waals surface area contributed by atoms with Crippen LogP contribution in [0.1, 0.15) is 11.1 Å². The Bertz CT molecular complexity index is 1680. The molecular formula is C34H24N2O4. The van der Waals surface area contributed by atoms with Crippen molar-refractivity contribution in [3.05, 3.63) is 144 Å². The lowest BCUT2D eigenvalue weighted by Crippen LogP contribution is -2.57. The van der Waals surface area contributed by atoms with Crippen molar-refractivity contribution in [3.8, 4) is 5.75 Å². The summed E-state index contributed by atoms with van der Waals surface area (Å²) in [7, 11) is 0. The van der Waals surface area contributed by atoms with Crippen molar-refractivity contribution in [1.82, 2.24) is 0 Å². The Morgan fingerprint density at radius 2 is 1.12 bits per heavy atom. The van der Waals surface area contributed by atoms with Crippen LogP contribution in [0.5, 0.6) is 5.75 Å². The number of carbonyl (C=O) groups excluding carboxylic acids is 3. The van der Waals surface area contributed by atoms with E-state index >= 15 is 0 Å². The second-order valence-electron chi connectivity index (χ2n) is 9.29. The average molecular weight is 525 g/mol. The summed E-state index contributed by atoms with van der Waals surface area (Å²) in [5.74, 6) is -0.697. The molecule has 0 atom stereocenters. The van der Waals surface area contributed by atoms with Gasteiger partial charge in [0.1, 0.15) is 17.9 Å². The molecule has 6 heteroatoms. The number of para-hydroxylation sites is 2. The Hall–Kier alpha value is -5.49. The van der Waals surface area contributed by atoms with Gasteiger partial charge >= 0.3 is 6.03 Å². The van der Waals surface area contributed by atoms with Crippen LogP contribution in [0.2, 0.25) is 0 Å². The van der Waals surface area contributed by atoms with Gasteiger partial charge in [0.25, 0.3) is 11.8 Å². The van der Waals surface area contributed by atoms with Gasteiger partial charge in [0, 0.05) is 0 Å². The van der Waals surface area contributed by atoms with E-state index in [0.717, 1.165) is 26.1 Å². The molecule has 1 aliphatic heterocycles. The number of imide groups is 2. The molecule has 1 aliphatic rings. The summed E-state index contributed by atoms with van der Waals surface area (Å²) in [5.41, 5.74) is 2.36. The van der Waals surface area contributed by atoms with Gasteiger partial charge in [-0.25, -0.2) is 14.6 Å². The second-order valence-corrected chi connectivity index (χ2v) is 9.29. The molecule has 6 rings (SSSR count). The van der Waals surface area contributed by atoms with Crippen LogP contribution in [0.4, 0.5) is 16.2 Å². The highest BCUT2D eigenvalue weighted by Gasteiger charge is 2.43. The highest BCUT2D eigenvalue weighted by molar-refractivity contribution is 6.46. The Morgan fingerprint density at radius 1 is 0.575 bits per heavy atom. The third-order valence-electron chi connectivity index (χ3n) is 6.74. The zero-order chi connectivity index (χ0) is 27.5. The van der Waals surface area contributed by atoms with Crippen LogP contribution >= 0.6 is 0 Å². The Kier molecular flexibility index (Phi) is 6.65. The second kappa shape index (κ2) is 10.7. The van der Waals surface area contributed by atoms with Crippen molar-refractivity contribution in [1.29, 1.82) is 0 Å². The summed E-state index contributed by atoms with van der Waals surface area (Å²) in [6.45, 7) is 0.402. The molecule has 4 amide bonds. The molecule has 5 aromatic rings. The van der Waals surface area contributed by atoms with Gasteiger partial charge < -0.3 is 4.74 Å². The number of hydrogen-bond donors (Lipinski definition) is 0. The van der Waals surface area contributed by atoms with Gasteiger partial charge in [-0.3, -0.25) is 9.59 Å². The first-order valence-corrected chi connectivity index (χ1v) is 12.8. The van der Waals surface area contributed by atoms with Gasteiger partial charge in [-0.05, 0) is 64.4 Å². The summed E-state index contributed by atoms with van der Waals surface area (Å²) in [5, 5.41) is 2.29. The number of nitrogens with zero attached hydrogens (tertiary/aromatic N) is 2. The maximum atomic E-state index is 13.5. The van der Waals surface area contributed by atoms with E-state index in [1.165, 1.54) is 6.08 Å². The topological polar surface area (TPSA) is 66.9 Å². The maximum Gasteiger partial charge on any atom is 0.343 e. The predicted molar refractivity (Wildman–Crippen MR) is 156 cm³/mol. The molecule has 0 aromatic heterocycles. The minimum atomic E-state index is -0.721. The number of urea groups is 1. The molecule has 5 aromatic carbocycles. The van der Waals surface area contributed by atoms with Gasteiger partial charge in [0.2, 0.25) is 0 Å². The van der Waals surface area contributed by atoms with E-state index in [-0.39, 0.29) is 5.57 Å². The van der Waals surface area contributed by atoms with Gasteiger partial charge in [0.05, 0.1) is 11.4 Å². The maximum absolute atomic E-state index is 13.5. The van der Waals surface area contributed by atoms with Gasteiger partial charge in [-0.15, -0.1) is 0 Å². The van der Waals surface area contributed by atoms with Crippen molar-refractivity contribution in [3.63, 3.8) is 0 Å². The van der Waals surface area contributed by atoms with Crippen LogP contribution < -0.4 is 14.5 Å².